The van der Waals surface area contributed by atoms with Crippen molar-refractivity contribution in [3.05, 3.63) is 95.4 Å². The van der Waals surface area contributed by atoms with Crippen molar-refractivity contribution in [1.29, 1.82) is 5.41 Å². The molecule has 0 saturated carbocycles. The maximum absolute atomic E-state index is 9.89. The molecule has 0 bridgehead atoms. The number of aliphatic hydroxyl groups excluding tert-OH is 2. The molecular formula is C35H35N7O3. The Kier molecular flexibility index (Phi) is 7.62. The SMILES string of the molecule is Cc1c(Nc2nccc3cc(CN4CC[C@@H](O)C4)cnc23)cccc1-c1cccc(-c2nc3c(=N)n(CCO)ccc3o2)c1C. The molecule has 1 aliphatic heterocycles. The lowest BCUT2D eigenvalue weighted by molar-refractivity contribution is 0.175. The van der Waals surface area contributed by atoms with E-state index >= 15 is 0 Å². The molecule has 0 amide bonds. The molecule has 0 unspecified atom stereocenters. The van der Waals surface area contributed by atoms with Gasteiger partial charge in [-0.1, -0.05) is 24.3 Å². The van der Waals surface area contributed by atoms with Gasteiger partial charge in [-0.2, -0.15) is 0 Å². The number of aromatic nitrogens is 4. The van der Waals surface area contributed by atoms with Gasteiger partial charge in [0, 0.05) is 61.4 Å². The highest BCUT2D eigenvalue weighted by atomic mass is 16.3. The minimum Gasteiger partial charge on any atom is -0.436 e. The van der Waals surface area contributed by atoms with E-state index in [1.807, 2.05) is 36.5 Å². The van der Waals surface area contributed by atoms with Crippen molar-refractivity contribution >= 4 is 33.5 Å². The fourth-order valence-electron chi connectivity index (χ4n) is 6.24. The standard InChI is InChI=1S/C35H35N7O3/c1-21-26(5-3-7-28(21)35-40-32-30(45-35)11-14-42(15-16-43)33(32)36)27-6-4-8-29(22(27)2)39-34-31-24(9-12-37-34)17-23(18-38-31)19-41-13-10-25(44)20-41/h3-9,11-12,14,17-18,25,36,43-44H,10,13,15-16,19-20H2,1-2H3,(H,37,39)/t25-/m1/s1. The summed E-state index contributed by atoms with van der Waals surface area (Å²) in [7, 11) is 0. The number of anilines is 2. The van der Waals surface area contributed by atoms with Crippen LogP contribution in [0, 0.1) is 19.3 Å². The van der Waals surface area contributed by atoms with Crippen LogP contribution in [0.4, 0.5) is 11.5 Å². The molecule has 4 N–H and O–H groups in total. The molecule has 2 aromatic carbocycles. The van der Waals surface area contributed by atoms with Crippen LogP contribution in [0.25, 0.3) is 44.6 Å². The zero-order valence-corrected chi connectivity index (χ0v) is 25.3. The number of oxazole rings is 1. The highest BCUT2D eigenvalue weighted by Crippen LogP contribution is 2.37. The van der Waals surface area contributed by atoms with Crippen molar-refractivity contribution < 1.29 is 14.6 Å². The van der Waals surface area contributed by atoms with Crippen molar-refractivity contribution in [1.82, 2.24) is 24.4 Å². The number of rotatable bonds is 8. The van der Waals surface area contributed by atoms with Crippen LogP contribution < -0.4 is 10.8 Å². The van der Waals surface area contributed by atoms with Gasteiger partial charge in [-0.25, -0.2) is 9.97 Å². The maximum atomic E-state index is 9.89. The van der Waals surface area contributed by atoms with Gasteiger partial charge >= 0.3 is 0 Å². The first-order valence-corrected chi connectivity index (χ1v) is 15.2. The van der Waals surface area contributed by atoms with E-state index in [9.17, 15) is 10.2 Å². The molecule has 228 valence electrons. The van der Waals surface area contributed by atoms with Gasteiger partial charge in [0.05, 0.1) is 12.7 Å². The van der Waals surface area contributed by atoms with E-state index in [2.05, 4.69) is 52.2 Å². The molecule has 6 aromatic rings. The van der Waals surface area contributed by atoms with E-state index in [0.717, 1.165) is 69.5 Å². The topological polar surface area (TPSA) is 136 Å². The summed E-state index contributed by atoms with van der Waals surface area (Å²) in [5, 5.41) is 32.3. The Morgan fingerprint density at radius 3 is 2.60 bits per heavy atom. The molecule has 4 aromatic heterocycles. The first-order chi connectivity index (χ1) is 21.9. The molecular weight excluding hydrogens is 566 g/mol. The molecule has 10 heteroatoms. The molecule has 0 radical (unpaired) electrons. The summed E-state index contributed by atoms with van der Waals surface area (Å²) in [5.41, 5.74) is 9.12. The number of nitrogens with zero attached hydrogens (tertiary/aromatic N) is 5. The second kappa shape index (κ2) is 11.9. The smallest absolute Gasteiger partial charge is 0.227 e. The third-order valence-corrected chi connectivity index (χ3v) is 8.66. The Bertz CT molecular complexity index is 2100. The van der Waals surface area contributed by atoms with Gasteiger partial charge in [-0.05, 0) is 78.4 Å². The van der Waals surface area contributed by atoms with Gasteiger partial charge in [0.15, 0.2) is 22.4 Å². The van der Waals surface area contributed by atoms with Crippen LogP contribution in [0.1, 0.15) is 23.1 Å². The summed E-state index contributed by atoms with van der Waals surface area (Å²) in [6.07, 6.45) is 6.02. The molecule has 1 atom stereocenters. The van der Waals surface area contributed by atoms with Crippen molar-refractivity contribution in [2.24, 2.45) is 0 Å². The molecule has 7 rings (SSSR count). The second-order valence-electron chi connectivity index (χ2n) is 11.6. The number of β-amino-alcohol motifs (C(OH)–C–C–N with tert-alkyl or cyclic N) is 1. The molecule has 10 nitrogen and oxygen atoms in total. The summed E-state index contributed by atoms with van der Waals surface area (Å²) in [6, 6.07) is 18.2. The van der Waals surface area contributed by atoms with Gasteiger partial charge in [-0.15, -0.1) is 0 Å². The van der Waals surface area contributed by atoms with Gasteiger partial charge < -0.3 is 24.5 Å². The largest absolute Gasteiger partial charge is 0.436 e. The van der Waals surface area contributed by atoms with Gasteiger partial charge in [0.2, 0.25) is 5.89 Å². The van der Waals surface area contributed by atoms with Crippen molar-refractivity contribution in [2.45, 2.75) is 39.5 Å². The monoisotopic (exact) mass is 601 g/mol. The molecule has 0 aliphatic carbocycles. The van der Waals surface area contributed by atoms with E-state index in [0.29, 0.717) is 35.9 Å². The number of fused-ring (bicyclic) bond motifs is 2. The Labute approximate surface area is 260 Å². The minimum absolute atomic E-state index is 0.0551. The predicted octanol–water partition coefficient (Wildman–Crippen LogP) is 5.31. The number of hydrogen-bond donors (Lipinski definition) is 4. The summed E-state index contributed by atoms with van der Waals surface area (Å²) in [4.78, 5) is 16.4. The van der Waals surface area contributed by atoms with Crippen LogP contribution in [-0.2, 0) is 13.1 Å². The Morgan fingerprint density at radius 1 is 1.00 bits per heavy atom. The fourth-order valence-corrected chi connectivity index (χ4v) is 6.24. The van der Waals surface area contributed by atoms with Crippen molar-refractivity contribution in [2.75, 3.05) is 25.0 Å². The predicted molar refractivity (Wildman–Crippen MR) is 174 cm³/mol. The minimum atomic E-state index is -0.243. The van der Waals surface area contributed by atoms with Gasteiger partial charge in [-0.3, -0.25) is 15.3 Å². The summed E-state index contributed by atoms with van der Waals surface area (Å²) >= 11 is 0. The zero-order chi connectivity index (χ0) is 31.1. The van der Waals surface area contributed by atoms with Gasteiger partial charge in [0.25, 0.3) is 0 Å². The van der Waals surface area contributed by atoms with Gasteiger partial charge in [0.1, 0.15) is 5.52 Å². The van der Waals surface area contributed by atoms with E-state index < -0.39 is 0 Å². The third kappa shape index (κ3) is 5.48. The van der Waals surface area contributed by atoms with Crippen LogP contribution >= 0.6 is 0 Å². The highest BCUT2D eigenvalue weighted by Gasteiger charge is 2.21. The normalized spacial score (nSPS) is 15.3. The quantitative estimate of drug-likeness (QED) is 0.184. The average Bonchev–Trinajstić information content (AvgIpc) is 3.66. The second-order valence-corrected chi connectivity index (χ2v) is 11.6. The van der Waals surface area contributed by atoms with Crippen molar-refractivity contribution in [3.8, 4) is 22.6 Å². The van der Waals surface area contributed by atoms with E-state index in [1.54, 1.807) is 23.0 Å². The lowest BCUT2D eigenvalue weighted by Crippen LogP contribution is -2.21. The molecule has 1 fully saturated rings. The first kappa shape index (κ1) is 28.8. The highest BCUT2D eigenvalue weighted by molar-refractivity contribution is 5.91. The van der Waals surface area contributed by atoms with Crippen LogP contribution in [0.3, 0.4) is 0 Å². The number of likely N-dealkylation sites (tertiary alicyclic amines) is 1. The maximum Gasteiger partial charge on any atom is 0.227 e. The number of aliphatic hydroxyl groups is 2. The molecule has 1 saturated heterocycles. The third-order valence-electron chi connectivity index (χ3n) is 8.66. The Hall–Kier alpha value is -4.90. The van der Waals surface area contributed by atoms with Crippen LogP contribution in [0.2, 0.25) is 0 Å². The Balaban J connectivity index is 1.20. The van der Waals surface area contributed by atoms with E-state index in [4.69, 9.17) is 14.8 Å². The first-order valence-electron chi connectivity index (χ1n) is 15.2. The van der Waals surface area contributed by atoms with E-state index in [-0.39, 0.29) is 18.2 Å². The van der Waals surface area contributed by atoms with Crippen molar-refractivity contribution in [3.63, 3.8) is 0 Å². The summed E-state index contributed by atoms with van der Waals surface area (Å²) in [6.45, 7) is 6.78. The summed E-state index contributed by atoms with van der Waals surface area (Å²) in [5.74, 6) is 1.15. The number of benzene rings is 2. The average molecular weight is 602 g/mol. The fraction of sp³-hybridized carbons (Fsp3) is 0.257. The molecule has 1 aliphatic rings. The Morgan fingerprint density at radius 2 is 1.80 bits per heavy atom. The number of nitrogens with one attached hydrogen (secondary N) is 2. The summed E-state index contributed by atoms with van der Waals surface area (Å²) < 4.78 is 7.77. The lowest BCUT2D eigenvalue weighted by atomic mass is 9.93. The molecule has 5 heterocycles. The van der Waals surface area contributed by atoms with Crippen LogP contribution in [-0.4, -0.2) is 60.4 Å². The molecule has 0 spiro atoms. The zero-order valence-electron chi connectivity index (χ0n) is 25.3. The lowest BCUT2D eigenvalue weighted by Gasteiger charge is -2.17. The number of hydrogen-bond acceptors (Lipinski definition) is 9. The van der Waals surface area contributed by atoms with E-state index in [1.165, 1.54) is 0 Å². The van der Waals surface area contributed by atoms with Crippen LogP contribution in [0.5, 0.6) is 0 Å². The number of pyridine rings is 3. The van der Waals surface area contributed by atoms with Crippen LogP contribution in [0.15, 0.2) is 77.6 Å². The molecule has 45 heavy (non-hydrogen) atoms.